The van der Waals surface area contributed by atoms with Crippen molar-refractivity contribution in [2.24, 2.45) is 0 Å². The number of aryl methyl sites for hydroxylation is 2. The first-order valence-corrected chi connectivity index (χ1v) is 8.46. The van der Waals surface area contributed by atoms with Gasteiger partial charge in [-0.15, -0.1) is 11.3 Å². The molecule has 0 saturated heterocycles. The summed E-state index contributed by atoms with van der Waals surface area (Å²) in [7, 11) is 0. The first-order valence-electron chi connectivity index (χ1n) is 7.59. The molecule has 0 radical (unpaired) electrons. The van der Waals surface area contributed by atoms with Gasteiger partial charge in [0.1, 0.15) is 10.8 Å². The van der Waals surface area contributed by atoms with Crippen LogP contribution in [0.1, 0.15) is 16.8 Å². The molecule has 2 aromatic carbocycles. The minimum Gasteiger partial charge on any atom is -0.323 e. The van der Waals surface area contributed by atoms with Crippen molar-refractivity contribution in [1.29, 1.82) is 0 Å². The van der Waals surface area contributed by atoms with Crippen LogP contribution < -0.4 is 5.32 Å². The third-order valence-corrected chi connectivity index (χ3v) is 4.53. The minimum atomic E-state index is -0.429. The van der Waals surface area contributed by atoms with Gasteiger partial charge in [-0.3, -0.25) is 4.79 Å². The second-order valence-corrected chi connectivity index (χ2v) is 6.58. The summed E-state index contributed by atoms with van der Waals surface area (Å²) in [5.74, 6) is -0.708. The van der Waals surface area contributed by atoms with E-state index in [-0.39, 0.29) is 18.0 Å². The molecule has 1 aromatic heterocycles. The molecule has 3 aromatic rings. The molecule has 3 rings (SSSR count). The van der Waals surface area contributed by atoms with Gasteiger partial charge in [0.15, 0.2) is 0 Å². The highest BCUT2D eigenvalue weighted by atomic mass is 32.1. The Morgan fingerprint density at radius 1 is 1.12 bits per heavy atom. The molecule has 0 bridgehead atoms. The summed E-state index contributed by atoms with van der Waals surface area (Å²) in [4.78, 5) is 16.6. The standard InChI is InChI=1S/C19H17FN2OS/c1-12-3-6-14(7-4-12)19-21-15(11-24-19)10-18(23)22-17-8-5-13(2)9-16(17)20/h3-9,11H,10H2,1-2H3,(H,22,23). The van der Waals surface area contributed by atoms with Gasteiger partial charge in [-0.25, -0.2) is 9.37 Å². The highest BCUT2D eigenvalue weighted by Crippen LogP contribution is 2.24. The van der Waals surface area contributed by atoms with Gasteiger partial charge in [0.25, 0.3) is 0 Å². The van der Waals surface area contributed by atoms with Crippen LogP contribution in [0.4, 0.5) is 10.1 Å². The number of rotatable bonds is 4. The van der Waals surface area contributed by atoms with E-state index in [4.69, 9.17) is 0 Å². The smallest absolute Gasteiger partial charge is 0.230 e. The predicted octanol–water partition coefficient (Wildman–Crippen LogP) is 4.75. The first kappa shape index (κ1) is 16.3. The van der Waals surface area contributed by atoms with E-state index in [9.17, 15) is 9.18 Å². The Bertz CT molecular complexity index is 871. The third-order valence-electron chi connectivity index (χ3n) is 3.59. The molecule has 0 spiro atoms. The van der Waals surface area contributed by atoms with Gasteiger partial charge in [0, 0.05) is 10.9 Å². The fourth-order valence-electron chi connectivity index (χ4n) is 2.30. The lowest BCUT2D eigenvalue weighted by Crippen LogP contribution is -2.15. The zero-order chi connectivity index (χ0) is 17.1. The van der Waals surface area contributed by atoms with E-state index in [1.807, 2.05) is 36.6 Å². The van der Waals surface area contributed by atoms with E-state index in [0.717, 1.165) is 16.1 Å². The Morgan fingerprint density at radius 3 is 2.54 bits per heavy atom. The molecule has 0 aliphatic carbocycles. The van der Waals surface area contributed by atoms with Crippen molar-refractivity contribution in [2.75, 3.05) is 5.32 Å². The third kappa shape index (κ3) is 3.86. The maximum atomic E-state index is 13.8. The fraction of sp³-hybridized carbons (Fsp3) is 0.158. The Morgan fingerprint density at radius 2 is 1.83 bits per heavy atom. The minimum absolute atomic E-state index is 0.121. The van der Waals surface area contributed by atoms with E-state index >= 15 is 0 Å². The lowest BCUT2D eigenvalue weighted by molar-refractivity contribution is -0.115. The average molecular weight is 340 g/mol. The number of benzene rings is 2. The number of hydrogen-bond donors (Lipinski definition) is 1. The zero-order valence-corrected chi connectivity index (χ0v) is 14.3. The van der Waals surface area contributed by atoms with E-state index in [0.29, 0.717) is 5.69 Å². The summed E-state index contributed by atoms with van der Waals surface area (Å²) < 4.78 is 13.8. The van der Waals surface area contributed by atoms with Gasteiger partial charge >= 0.3 is 0 Å². The molecular formula is C19H17FN2OS. The van der Waals surface area contributed by atoms with Crippen molar-refractivity contribution in [2.45, 2.75) is 20.3 Å². The number of thiazole rings is 1. The topological polar surface area (TPSA) is 42.0 Å². The van der Waals surface area contributed by atoms with Crippen LogP contribution in [0.15, 0.2) is 47.8 Å². The second kappa shape index (κ2) is 6.93. The largest absolute Gasteiger partial charge is 0.323 e. The number of carbonyl (C=O) groups excluding carboxylic acids is 1. The van der Waals surface area contributed by atoms with Crippen LogP contribution in [-0.2, 0) is 11.2 Å². The number of carbonyl (C=O) groups is 1. The van der Waals surface area contributed by atoms with Gasteiger partial charge < -0.3 is 5.32 Å². The number of halogens is 1. The van der Waals surface area contributed by atoms with Crippen molar-refractivity contribution in [3.63, 3.8) is 0 Å². The molecule has 5 heteroatoms. The highest BCUT2D eigenvalue weighted by molar-refractivity contribution is 7.13. The molecule has 1 N–H and O–H groups in total. The van der Waals surface area contributed by atoms with Gasteiger partial charge in [-0.1, -0.05) is 35.9 Å². The van der Waals surface area contributed by atoms with Gasteiger partial charge in [-0.2, -0.15) is 0 Å². The molecule has 0 unspecified atom stereocenters. The summed E-state index contributed by atoms with van der Waals surface area (Å²) in [6, 6.07) is 12.8. The van der Waals surface area contributed by atoms with Crippen molar-refractivity contribution in [1.82, 2.24) is 4.98 Å². The van der Waals surface area contributed by atoms with Gasteiger partial charge in [0.05, 0.1) is 17.8 Å². The Labute approximate surface area is 144 Å². The van der Waals surface area contributed by atoms with Crippen LogP contribution in [0.3, 0.4) is 0 Å². The lowest BCUT2D eigenvalue weighted by atomic mass is 10.2. The summed E-state index contributed by atoms with van der Waals surface area (Å²) >= 11 is 1.50. The Hall–Kier alpha value is -2.53. The van der Waals surface area contributed by atoms with E-state index in [1.54, 1.807) is 19.1 Å². The number of nitrogens with one attached hydrogen (secondary N) is 1. The summed E-state index contributed by atoms with van der Waals surface area (Å²) in [5, 5.41) is 5.33. The lowest BCUT2D eigenvalue weighted by Gasteiger charge is -2.06. The molecule has 122 valence electrons. The molecular weight excluding hydrogens is 323 g/mol. The molecule has 0 aliphatic rings. The molecule has 3 nitrogen and oxygen atoms in total. The number of amides is 1. The molecule has 1 amide bonds. The van der Waals surface area contributed by atoms with Crippen molar-refractivity contribution >= 4 is 22.9 Å². The average Bonchev–Trinajstić information content (AvgIpc) is 2.99. The van der Waals surface area contributed by atoms with Crippen molar-refractivity contribution in [3.8, 4) is 10.6 Å². The van der Waals surface area contributed by atoms with Gasteiger partial charge in [-0.05, 0) is 31.5 Å². The van der Waals surface area contributed by atoms with Gasteiger partial charge in [0.2, 0.25) is 5.91 Å². The number of aromatic nitrogens is 1. The molecule has 0 fully saturated rings. The maximum Gasteiger partial charge on any atom is 0.230 e. The molecule has 0 saturated carbocycles. The zero-order valence-electron chi connectivity index (χ0n) is 13.5. The highest BCUT2D eigenvalue weighted by Gasteiger charge is 2.11. The summed E-state index contributed by atoms with van der Waals surface area (Å²) in [6.45, 7) is 3.84. The van der Waals surface area contributed by atoms with Crippen LogP contribution in [0.25, 0.3) is 10.6 Å². The molecule has 1 heterocycles. The van der Waals surface area contributed by atoms with E-state index in [1.165, 1.54) is 23.0 Å². The summed E-state index contributed by atoms with van der Waals surface area (Å²) in [6.07, 6.45) is 0.121. The number of nitrogens with zero attached hydrogens (tertiary/aromatic N) is 1. The van der Waals surface area contributed by atoms with Crippen LogP contribution in [-0.4, -0.2) is 10.9 Å². The SMILES string of the molecule is Cc1ccc(-c2nc(CC(=O)Nc3ccc(C)cc3F)cs2)cc1. The molecule has 0 aliphatic heterocycles. The molecule has 24 heavy (non-hydrogen) atoms. The van der Waals surface area contributed by atoms with Crippen molar-refractivity contribution < 1.29 is 9.18 Å². The van der Waals surface area contributed by atoms with Crippen LogP contribution in [0, 0.1) is 19.7 Å². The van der Waals surface area contributed by atoms with E-state index < -0.39 is 5.82 Å². The number of anilines is 1. The normalized spacial score (nSPS) is 10.6. The Balaban J connectivity index is 1.68. The second-order valence-electron chi connectivity index (χ2n) is 5.72. The fourth-order valence-corrected chi connectivity index (χ4v) is 3.12. The molecule has 0 atom stereocenters. The first-order chi connectivity index (χ1) is 11.5. The van der Waals surface area contributed by atoms with Crippen LogP contribution in [0.5, 0.6) is 0 Å². The van der Waals surface area contributed by atoms with E-state index in [2.05, 4.69) is 10.3 Å². The predicted molar refractivity (Wildman–Crippen MR) is 95.8 cm³/mol. The van der Waals surface area contributed by atoms with Crippen LogP contribution >= 0.6 is 11.3 Å². The quantitative estimate of drug-likeness (QED) is 0.745. The maximum absolute atomic E-state index is 13.8. The van der Waals surface area contributed by atoms with Crippen molar-refractivity contribution in [3.05, 3.63) is 70.5 Å². The Kier molecular flexibility index (Phi) is 4.71. The summed E-state index contributed by atoms with van der Waals surface area (Å²) in [5.41, 5.74) is 3.91. The monoisotopic (exact) mass is 340 g/mol. The number of hydrogen-bond acceptors (Lipinski definition) is 3. The van der Waals surface area contributed by atoms with Crippen LogP contribution in [0.2, 0.25) is 0 Å².